The number of likely N-dealkylation sites (N-methyl/N-ethyl adjacent to an activating group) is 1. The molecule has 1 rings (SSSR count). The number of carbonyl (C=O) groups excluding carboxylic acids is 1. The fourth-order valence-corrected chi connectivity index (χ4v) is 1.18. The second kappa shape index (κ2) is 5.29. The van der Waals surface area contributed by atoms with Crippen LogP contribution in [0.1, 0.15) is 12.6 Å². The zero-order chi connectivity index (χ0) is 12.1. The third-order valence-corrected chi connectivity index (χ3v) is 2.03. The molecule has 0 fully saturated rings. The summed E-state index contributed by atoms with van der Waals surface area (Å²) in [5, 5.41) is 5.43. The lowest BCUT2D eigenvalue weighted by Crippen LogP contribution is -2.35. The Bertz CT molecular complexity index is 381. The van der Waals surface area contributed by atoms with Crippen LogP contribution in [0, 0.1) is 6.92 Å². The van der Waals surface area contributed by atoms with Gasteiger partial charge in [-0.2, -0.15) is 4.98 Å². The van der Waals surface area contributed by atoms with Crippen LogP contribution in [0.5, 0.6) is 5.88 Å². The molecule has 0 saturated heterocycles. The van der Waals surface area contributed by atoms with Gasteiger partial charge in [-0.1, -0.05) is 0 Å². The summed E-state index contributed by atoms with van der Waals surface area (Å²) < 4.78 is 5.01. The Morgan fingerprint density at radius 2 is 2.19 bits per heavy atom. The number of aryl methyl sites for hydroxylation is 1. The molecule has 0 bridgehead atoms. The molecule has 16 heavy (non-hydrogen) atoms. The Balaban J connectivity index is 2.80. The Hall–Kier alpha value is -1.85. The number of anilines is 1. The van der Waals surface area contributed by atoms with Gasteiger partial charge in [-0.15, -0.1) is 0 Å². The van der Waals surface area contributed by atoms with Gasteiger partial charge in [0.1, 0.15) is 6.04 Å². The molecule has 6 heteroatoms. The molecule has 0 radical (unpaired) electrons. The van der Waals surface area contributed by atoms with E-state index in [2.05, 4.69) is 20.6 Å². The molecule has 88 valence electrons. The second-order valence-electron chi connectivity index (χ2n) is 3.36. The van der Waals surface area contributed by atoms with Crippen molar-refractivity contribution < 1.29 is 9.53 Å². The standard InChI is InChI=1S/C10H16N4O2/c1-6-5-8(16-4)14-10(12-6)13-7(2)9(15)11-3/h5,7H,1-4H3,(H,11,15)(H,12,13,14). The number of aromatic nitrogens is 2. The number of carbonyl (C=O) groups is 1. The van der Waals surface area contributed by atoms with Crippen LogP contribution < -0.4 is 15.4 Å². The van der Waals surface area contributed by atoms with Crippen molar-refractivity contribution in [1.29, 1.82) is 0 Å². The molecule has 0 aliphatic rings. The average Bonchev–Trinajstić information content (AvgIpc) is 2.26. The van der Waals surface area contributed by atoms with E-state index in [-0.39, 0.29) is 5.91 Å². The smallest absolute Gasteiger partial charge is 0.242 e. The summed E-state index contributed by atoms with van der Waals surface area (Å²) in [6.45, 7) is 3.57. The van der Waals surface area contributed by atoms with Crippen LogP contribution in [0.15, 0.2) is 6.07 Å². The van der Waals surface area contributed by atoms with Gasteiger partial charge < -0.3 is 15.4 Å². The highest BCUT2D eigenvalue weighted by molar-refractivity contribution is 5.83. The molecular formula is C10H16N4O2. The van der Waals surface area contributed by atoms with Gasteiger partial charge in [-0.3, -0.25) is 4.79 Å². The largest absolute Gasteiger partial charge is 0.481 e. The number of hydrogen-bond donors (Lipinski definition) is 2. The van der Waals surface area contributed by atoms with Crippen molar-refractivity contribution in [2.24, 2.45) is 0 Å². The zero-order valence-electron chi connectivity index (χ0n) is 9.87. The molecule has 6 nitrogen and oxygen atoms in total. The van der Waals surface area contributed by atoms with Crippen molar-refractivity contribution in [3.8, 4) is 5.88 Å². The van der Waals surface area contributed by atoms with Crippen molar-refractivity contribution in [3.63, 3.8) is 0 Å². The number of ether oxygens (including phenoxy) is 1. The summed E-state index contributed by atoms with van der Waals surface area (Å²) in [5.41, 5.74) is 0.776. The summed E-state index contributed by atoms with van der Waals surface area (Å²) in [6, 6.07) is 1.33. The first-order valence-corrected chi connectivity index (χ1v) is 4.94. The molecule has 0 spiro atoms. The normalized spacial score (nSPS) is 11.8. The predicted molar refractivity (Wildman–Crippen MR) is 60.5 cm³/mol. The number of amides is 1. The summed E-state index contributed by atoms with van der Waals surface area (Å²) in [6.07, 6.45) is 0. The molecule has 0 aliphatic carbocycles. The molecule has 1 atom stereocenters. The summed E-state index contributed by atoms with van der Waals surface area (Å²) in [7, 11) is 3.12. The Labute approximate surface area is 94.4 Å². The van der Waals surface area contributed by atoms with E-state index in [0.717, 1.165) is 5.69 Å². The van der Waals surface area contributed by atoms with E-state index in [9.17, 15) is 4.79 Å². The third kappa shape index (κ3) is 3.08. The maximum atomic E-state index is 11.3. The molecule has 0 saturated carbocycles. The van der Waals surface area contributed by atoms with E-state index in [4.69, 9.17) is 4.74 Å². The van der Waals surface area contributed by atoms with Crippen LogP contribution in [-0.2, 0) is 4.79 Å². The van der Waals surface area contributed by atoms with Crippen LogP contribution in [0.3, 0.4) is 0 Å². The SMILES string of the molecule is CNC(=O)C(C)Nc1nc(C)cc(OC)n1. The minimum Gasteiger partial charge on any atom is -0.481 e. The van der Waals surface area contributed by atoms with Crippen molar-refractivity contribution in [1.82, 2.24) is 15.3 Å². The molecule has 1 amide bonds. The van der Waals surface area contributed by atoms with Crippen molar-refractivity contribution >= 4 is 11.9 Å². The van der Waals surface area contributed by atoms with E-state index >= 15 is 0 Å². The van der Waals surface area contributed by atoms with Gasteiger partial charge in [0.2, 0.25) is 17.7 Å². The van der Waals surface area contributed by atoms with Gasteiger partial charge in [0.05, 0.1) is 7.11 Å². The monoisotopic (exact) mass is 224 g/mol. The van der Waals surface area contributed by atoms with E-state index in [0.29, 0.717) is 11.8 Å². The van der Waals surface area contributed by atoms with Crippen LogP contribution >= 0.6 is 0 Å². The molecule has 2 N–H and O–H groups in total. The van der Waals surface area contributed by atoms with Gasteiger partial charge in [0, 0.05) is 18.8 Å². The van der Waals surface area contributed by atoms with Crippen molar-refractivity contribution in [3.05, 3.63) is 11.8 Å². The number of rotatable bonds is 4. The molecular weight excluding hydrogens is 208 g/mol. The third-order valence-electron chi connectivity index (χ3n) is 2.03. The Morgan fingerprint density at radius 3 is 2.75 bits per heavy atom. The maximum absolute atomic E-state index is 11.3. The van der Waals surface area contributed by atoms with E-state index in [1.807, 2.05) is 6.92 Å². The first kappa shape index (κ1) is 12.2. The first-order chi connectivity index (χ1) is 7.56. The molecule has 0 aliphatic heterocycles. The van der Waals surface area contributed by atoms with Gasteiger partial charge in [-0.05, 0) is 13.8 Å². The van der Waals surface area contributed by atoms with Gasteiger partial charge in [-0.25, -0.2) is 4.98 Å². The topological polar surface area (TPSA) is 76.1 Å². The number of methoxy groups -OCH3 is 1. The van der Waals surface area contributed by atoms with Crippen LogP contribution in [0.4, 0.5) is 5.95 Å². The van der Waals surface area contributed by atoms with Gasteiger partial charge in [0.15, 0.2) is 0 Å². The number of nitrogens with one attached hydrogen (secondary N) is 2. The highest BCUT2D eigenvalue weighted by Crippen LogP contribution is 2.11. The number of nitrogens with zero attached hydrogens (tertiary/aromatic N) is 2. The predicted octanol–water partition coefficient (Wildman–Crippen LogP) is 0.340. The Morgan fingerprint density at radius 1 is 1.50 bits per heavy atom. The quantitative estimate of drug-likeness (QED) is 0.771. The molecule has 1 aromatic heterocycles. The highest BCUT2D eigenvalue weighted by atomic mass is 16.5. The minimum absolute atomic E-state index is 0.121. The van der Waals surface area contributed by atoms with E-state index in [1.165, 1.54) is 7.11 Å². The molecule has 1 unspecified atom stereocenters. The molecule has 1 heterocycles. The van der Waals surface area contributed by atoms with E-state index < -0.39 is 6.04 Å². The van der Waals surface area contributed by atoms with Crippen LogP contribution in [-0.4, -0.2) is 36.1 Å². The lowest BCUT2D eigenvalue weighted by molar-refractivity contribution is -0.121. The van der Waals surface area contributed by atoms with Crippen LogP contribution in [0.2, 0.25) is 0 Å². The van der Waals surface area contributed by atoms with Crippen molar-refractivity contribution in [2.75, 3.05) is 19.5 Å². The first-order valence-electron chi connectivity index (χ1n) is 4.94. The zero-order valence-corrected chi connectivity index (χ0v) is 9.87. The average molecular weight is 224 g/mol. The number of hydrogen-bond acceptors (Lipinski definition) is 5. The molecule has 1 aromatic rings. The lowest BCUT2D eigenvalue weighted by atomic mass is 10.3. The van der Waals surface area contributed by atoms with Crippen molar-refractivity contribution in [2.45, 2.75) is 19.9 Å². The Kier molecular flexibility index (Phi) is 4.04. The van der Waals surface area contributed by atoms with Gasteiger partial charge in [0.25, 0.3) is 0 Å². The van der Waals surface area contributed by atoms with Crippen LogP contribution in [0.25, 0.3) is 0 Å². The summed E-state index contributed by atoms with van der Waals surface area (Å²) >= 11 is 0. The minimum atomic E-state index is -0.392. The van der Waals surface area contributed by atoms with Gasteiger partial charge >= 0.3 is 0 Å². The highest BCUT2D eigenvalue weighted by Gasteiger charge is 2.12. The second-order valence-corrected chi connectivity index (χ2v) is 3.36. The fourth-order valence-electron chi connectivity index (χ4n) is 1.18. The van der Waals surface area contributed by atoms with E-state index in [1.54, 1.807) is 20.0 Å². The molecule has 0 aromatic carbocycles. The lowest BCUT2D eigenvalue weighted by Gasteiger charge is -2.12. The maximum Gasteiger partial charge on any atom is 0.242 e. The fraction of sp³-hybridized carbons (Fsp3) is 0.500. The summed E-state index contributed by atoms with van der Waals surface area (Å²) in [5.74, 6) is 0.733. The summed E-state index contributed by atoms with van der Waals surface area (Å²) in [4.78, 5) is 19.5.